The van der Waals surface area contributed by atoms with Gasteiger partial charge in [-0.3, -0.25) is 19.3 Å². The van der Waals surface area contributed by atoms with E-state index in [-0.39, 0.29) is 59.3 Å². The number of aliphatic hydroxyl groups excluding tert-OH is 3. The molecule has 0 saturated carbocycles. The standard InChI is InChI=1S/C12H21NO9/c14-1-4-20-10(17)7-13(8-11(18)21-5-2-15)9-12(19)22-6-3-16/h14-16H,1-9H2. The summed E-state index contributed by atoms with van der Waals surface area (Å²) in [6.07, 6.45) is 0. The number of rotatable bonds is 12. The van der Waals surface area contributed by atoms with Crippen molar-refractivity contribution in [2.24, 2.45) is 0 Å². The van der Waals surface area contributed by atoms with Gasteiger partial charge in [-0.25, -0.2) is 0 Å². The Morgan fingerprint density at radius 1 is 0.636 bits per heavy atom. The van der Waals surface area contributed by atoms with Crippen molar-refractivity contribution in [3.63, 3.8) is 0 Å². The van der Waals surface area contributed by atoms with Crippen LogP contribution in [0.5, 0.6) is 0 Å². The number of hydrogen-bond donors (Lipinski definition) is 3. The molecule has 0 fully saturated rings. The van der Waals surface area contributed by atoms with Gasteiger partial charge in [-0.15, -0.1) is 0 Å². The number of carbonyl (C=O) groups is 3. The van der Waals surface area contributed by atoms with Crippen molar-refractivity contribution in [3.8, 4) is 0 Å². The van der Waals surface area contributed by atoms with Crippen molar-refractivity contribution in [3.05, 3.63) is 0 Å². The Morgan fingerprint density at radius 3 is 1.14 bits per heavy atom. The number of ether oxygens (including phenoxy) is 3. The second kappa shape index (κ2) is 13.0. The lowest BCUT2D eigenvalue weighted by atomic mass is 10.4. The number of nitrogens with zero attached hydrogens (tertiary/aromatic N) is 1. The third kappa shape index (κ3) is 11.0. The average Bonchev–Trinajstić information content (AvgIpc) is 2.48. The van der Waals surface area contributed by atoms with Crippen molar-refractivity contribution >= 4 is 17.9 Å². The second-order valence-electron chi connectivity index (χ2n) is 3.98. The summed E-state index contributed by atoms with van der Waals surface area (Å²) < 4.78 is 13.9. The molecule has 3 N–H and O–H groups in total. The molecule has 0 amide bonds. The third-order valence-electron chi connectivity index (χ3n) is 2.12. The van der Waals surface area contributed by atoms with Crippen molar-refractivity contribution in [1.82, 2.24) is 4.90 Å². The Labute approximate surface area is 127 Å². The molecule has 0 aliphatic rings. The number of aliphatic hydroxyl groups is 3. The number of esters is 3. The van der Waals surface area contributed by atoms with E-state index in [1.165, 1.54) is 0 Å². The minimum absolute atomic E-state index is 0.198. The van der Waals surface area contributed by atoms with Gasteiger partial charge in [0, 0.05) is 0 Å². The Bertz CT molecular complexity index is 295. The zero-order valence-corrected chi connectivity index (χ0v) is 12.1. The molecule has 22 heavy (non-hydrogen) atoms. The number of carbonyl (C=O) groups excluding carboxylic acids is 3. The monoisotopic (exact) mass is 323 g/mol. The molecule has 0 unspecified atom stereocenters. The van der Waals surface area contributed by atoms with Gasteiger partial charge in [-0.2, -0.15) is 0 Å². The third-order valence-corrected chi connectivity index (χ3v) is 2.12. The van der Waals surface area contributed by atoms with Crippen LogP contribution in [0.15, 0.2) is 0 Å². The maximum Gasteiger partial charge on any atom is 0.320 e. The van der Waals surface area contributed by atoms with Crippen LogP contribution in [0.3, 0.4) is 0 Å². The van der Waals surface area contributed by atoms with E-state index >= 15 is 0 Å². The predicted octanol–water partition coefficient (Wildman–Crippen LogP) is -3.11. The minimum Gasteiger partial charge on any atom is -0.462 e. The predicted molar refractivity (Wildman–Crippen MR) is 70.6 cm³/mol. The van der Waals surface area contributed by atoms with Crippen LogP contribution in [0, 0.1) is 0 Å². The first kappa shape index (κ1) is 20.2. The molecule has 0 aromatic heterocycles. The summed E-state index contributed by atoms with van der Waals surface area (Å²) in [6.45, 7) is -2.79. The summed E-state index contributed by atoms with van der Waals surface area (Å²) in [6, 6.07) is 0. The van der Waals surface area contributed by atoms with Crippen LogP contribution < -0.4 is 0 Å². The van der Waals surface area contributed by atoms with E-state index in [1.807, 2.05) is 0 Å². The fourth-order valence-electron chi connectivity index (χ4n) is 1.33. The van der Waals surface area contributed by atoms with Crippen molar-refractivity contribution in [2.45, 2.75) is 0 Å². The summed E-state index contributed by atoms with van der Waals surface area (Å²) >= 11 is 0. The van der Waals surface area contributed by atoms with E-state index in [4.69, 9.17) is 15.3 Å². The fraction of sp³-hybridized carbons (Fsp3) is 0.750. The molecule has 0 bridgehead atoms. The maximum atomic E-state index is 11.4. The smallest absolute Gasteiger partial charge is 0.320 e. The lowest BCUT2D eigenvalue weighted by Gasteiger charge is -2.19. The maximum absolute atomic E-state index is 11.4. The van der Waals surface area contributed by atoms with Gasteiger partial charge >= 0.3 is 17.9 Å². The van der Waals surface area contributed by atoms with Crippen LogP contribution >= 0.6 is 0 Å². The highest BCUT2D eigenvalue weighted by Gasteiger charge is 2.20. The first-order valence-electron chi connectivity index (χ1n) is 6.55. The van der Waals surface area contributed by atoms with E-state index in [0.29, 0.717) is 0 Å². The average molecular weight is 323 g/mol. The van der Waals surface area contributed by atoms with Gasteiger partial charge in [-0.1, -0.05) is 0 Å². The Balaban J connectivity index is 4.44. The van der Waals surface area contributed by atoms with Gasteiger partial charge < -0.3 is 29.5 Å². The first-order chi connectivity index (χ1) is 10.5. The van der Waals surface area contributed by atoms with E-state index in [2.05, 4.69) is 14.2 Å². The molecule has 0 aliphatic heterocycles. The largest absolute Gasteiger partial charge is 0.462 e. The normalized spacial score (nSPS) is 10.4. The topological polar surface area (TPSA) is 143 Å². The van der Waals surface area contributed by atoms with Crippen LogP contribution in [0.2, 0.25) is 0 Å². The molecule has 0 spiro atoms. The highest BCUT2D eigenvalue weighted by atomic mass is 16.6. The molecule has 0 aromatic rings. The summed E-state index contributed by atoms with van der Waals surface area (Å²) in [5, 5.41) is 25.6. The highest BCUT2D eigenvalue weighted by molar-refractivity contribution is 5.78. The lowest BCUT2D eigenvalue weighted by molar-refractivity contribution is -0.153. The van der Waals surface area contributed by atoms with Crippen molar-refractivity contribution in [1.29, 1.82) is 0 Å². The molecule has 0 radical (unpaired) electrons. The molecule has 0 aliphatic carbocycles. The van der Waals surface area contributed by atoms with Crippen LogP contribution in [0.1, 0.15) is 0 Å². The summed E-state index contributed by atoms with van der Waals surface area (Å²) in [5.74, 6) is -2.21. The molecule has 128 valence electrons. The van der Waals surface area contributed by atoms with Gasteiger partial charge in [0.25, 0.3) is 0 Å². The quantitative estimate of drug-likeness (QED) is 0.249. The summed E-state index contributed by atoms with van der Waals surface area (Å²) in [4.78, 5) is 35.5. The minimum atomic E-state index is -0.737. The second-order valence-corrected chi connectivity index (χ2v) is 3.98. The van der Waals surface area contributed by atoms with Gasteiger partial charge in [0.15, 0.2) is 0 Å². The fourth-order valence-corrected chi connectivity index (χ4v) is 1.33. The summed E-state index contributed by atoms with van der Waals surface area (Å²) in [5.41, 5.74) is 0. The van der Waals surface area contributed by atoms with E-state index in [1.54, 1.807) is 0 Å². The van der Waals surface area contributed by atoms with Crippen LogP contribution in [-0.2, 0) is 28.6 Å². The molecule has 0 heterocycles. The Hall–Kier alpha value is -1.75. The lowest BCUT2D eigenvalue weighted by Crippen LogP contribution is -2.40. The van der Waals surface area contributed by atoms with E-state index in [0.717, 1.165) is 4.90 Å². The molecule has 10 nitrogen and oxygen atoms in total. The van der Waals surface area contributed by atoms with Gasteiger partial charge in [0.1, 0.15) is 19.8 Å². The van der Waals surface area contributed by atoms with E-state index < -0.39 is 17.9 Å². The molecule has 0 atom stereocenters. The molecule has 0 rings (SSSR count). The Kier molecular flexibility index (Phi) is 11.9. The molecular formula is C12H21NO9. The molecular weight excluding hydrogens is 302 g/mol. The summed E-state index contributed by atoms with van der Waals surface area (Å²) in [7, 11) is 0. The molecule has 0 aromatic carbocycles. The molecule has 0 saturated heterocycles. The first-order valence-corrected chi connectivity index (χ1v) is 6.55. The van der Waals surface area contributed by atoms with Crippen molar-refractivity contribution < 1.29 is 43.9 Å². The molecule has 10 heteroatoms. The van der Waals surface area contributed by atoms with Gasteiger partial charge in [-0.05, 0) is 0 Å². The van der Waals surface area contributed by atoms with Crippen LogP contribution in [-0.4, -0.2) is 97.4 Å². The SMILES string of the molecule is O=C(CN(CC(=O)OCCO)CC(=O)OCCO)OCCO. The highest BCUT2D eigenvalue weighted by Crippen LogP contribution is 1.95. The van der Waals surface area contributed by atoms with Gasteiger partial charge in [0.2, 0.25) is 0 Å². The number of hydrogen-bond acceptors (Lipinski definition) is 10. The van der Waals surface area contributed by atoms with Crippen molar-refractivity contribution in [2.75, 3.05) is 59.3 Å². The Morgan fingerprint density at radius 2 is 0.909 bits per heavy atom. The zero-order valence-electron chi connectivity index (χ0n) is 12.1. The zero-order chi connectivity index (χ0) is 16.8. The van der Waals surface area contributed by atoms with Crippen LogP contribution in [0.4, 0.5) is 0 Å². The van der Waals surface area contributed by atoms with Crippen LogP contribution in [0.25, 0.3) is 0 Å². The van der Waals surface area contributed by atoms with E-state index in [9.17, 15) is 14.4 Å². The van der Waals surface area contributed by atoms with Gasteiger partial charge in [0.05, 0.1) is 39.5 Å².